The number of benzene rings is 1. The van der Waals surface area contributed by atoms with Crippen LogP contribution in [-0.2, 0) is 6.54 Å². The molecule has 0 amide bonds. The van der Waals surface area contributed by atoms with Gasteiger partial charge >= 0.3 is 0 Å². The van der Waals surface area contributed by atoms with Crippen molar-refractivity contribution >= 4 is 16.8 Å². The zero-order valence-electron chi connectivity index (χ0n) is 11.9. The van der Waals surface area contributed by atoms with Crippen molar-refractivity contribution in [1.29, 1.82) is 0 Å². The predicted molar refractivity (Wildman–Crippen MR) is 84.5 cm³/mol. The highest BCUT2D eigenvalue weighted by atomic mass is 16.1. The Morgan fingerprint density at radius 1 is 1.29 bits per heavy atom. The summed E-state index contributed by atoms with van der Waals surface area (Å²) in [6.45, 7) is 6.39. The molecule has 3 nitrogen and oxygen atoms in total. The van der Waals surface area contributed by atoms with Gasteiger partial charge in [-0.2, -0.15) is 0 Å². The Bertz CT molecular complexity index is 813. The van der Waals surface area contributed by atoms with Gasteiger partial charge < -0.3 is 4.57 Å². The Labute approximate surface area is 123 Å². The molecule has 0 radical (unpaired) electrons. The van der Waals surface area contributed by atoms with Crippen LogP contribution in [0.25, 0.3) is 11.0 Å². The van der Waals surface area contributed by atoms with Crippen LogP contribution in [0.15, 0.2) is 61.4 Å². The molecule has 3 aromatic rings. The largest absolute Gasteiger partial charge is 0.328 e. The van der Waals surface area contributed by atoms with E-state index >= 15 is 0 Å². The number of rotatable bonds is 4. The van der Waals surface area contributed by atoms with Gasteiger partial charge in [-0.25, -0.2) is 4.98 Å². The summed E-state index contributed by atoms with van der Waals surface area (Å²) < 4.78 is 1.95. The second kappa shape index (κ2) is 5.37. The van der Waals surface area contributed by atoms with Crippen LogP contribution in [0.1, 0.15) is 21.5 Å². The number of carbonyl (C=O) groups excluding carboxylic acids is 1. The second-order valence-corrected chi connectivity index (χ2v) is 5.05. The molecule has 1 aromatic carbocycles. The number of hydrogen-bond donors (Lipinski definition) is 0. The van der Waals surface area contributed by atoms with E-state index in [1.807, 2.05) is 54.1 Å². The fraction of sp³-hybridized carbons (Fsp3) is 0.111. The van der Waals surface area contributed by atoms with Gasteiger partial charge in [0, 0.05) is 35.5 Å². The number of carbonyl (C=O) groups is 1. The van der Waals surface area contributed by atoms with Gasteiger partial charge in [0.05, 0.1) is 0 Å². The first-order valence-corrected chi connectivity index (χ1v) is 6.87. The van der Waals surface area contributed by atoms with E-state index in [0.717, 1.165) is 16.6 Å². The highest BCUT2D eigenvalue weighted by Gasteiger charge is 2.16. The van der Waals surface area contributed by atoms with Gasteiger partial charge in [0.15, 0.2) is 5.78 Å². The molecule has 0 fully saturated rings. The first-order valence-electron chi connectivity index (χ1n) is 6.87. The molecule has 0 saturated heterocycles. The highest BCUT2D eigenvalue weighted by Crippen LogP contribution is 2.22. The zero-order chi connectivity index (χ0) is 14.8. The molecule has 0 saturated carbocycles. The number of aryl methyl sites for hydroxylation is 1. The number of hydrogen-bond acceptors (Lipinski definition) is 2. The van der Waals surface area contributed by atoms with Crippen molar-refractivity contribution in [2.75, 3.05) is 0 Å². The SMILES string of the molecule is C=CCn1cc(C(=O)c2ccc(C)cc2)c2cccnc21. The van der Waals surface area contributed by atoms with Crippen LogP contribution in [0.4, 0.5) is 0 Å². The number of fused-ring (bicyclic) bond motifs is 1. The lowest BCUT2D eigenvalue weighted by Gasteiger charge is -2.00. The fourth-order valence-electron chi connectivity index (χ4n) is 2.44. The number of nitrogens with zero attached hydrogens (tertiary/aromatic N) is 2. The van der Waals surface area contributed by atoms with Crippen molar-refractivity contribution in [2.45, 2.75) is 13.5 Å². The quantitative estimate of drug-likeness (QED) is 0.537. The summed E-state index contributed by atoms with van der Waals surface area (Å²) >= 11 is 0. The average molecular weight is 276 g/mol. The van der Waals surface area contributed by atoms with Gasteiger partial charge in [-0.1, -0.05) is 35.9 Å². The summed E-state index contributed by atoms with van der Waals surface area (Å²) in [4.78, 5) is 17.1. The molecule has 0 aliphatic carbocycles. The second-order valence-electron chi connectivity index (χ2n) is 5.05. The van der Waals surface area contributed by atoms with E-state index in [-0.39, 0.29) is 5.78 Å². The maximum atomic E-state index is 12.7. The molecular formula is C18H16N2O. The van der Waals surface area contributed by atoms with E-state index in [0.29, 0.717) is 17.7 Å². The lowest BCUT2D eigenvalue weighted by molar-refractivity contribution is 0.104. The lowest BCUT2D eigenvalue weighted by Crippen LogP contribution is -2.00. The van der Waals surface area contributed by atoms with E-state index in [4.69, 9.17) is 0 Å². The lowest BCUT2D eigenvalue weighted by atomic mass is 10.0. The number of allylic oxidation sites excluding steroid dienone is 1. The summed E-state index contributed by atoms with van der Waals surface area (Å²) in [5.74, 6) is 0.0239. The minimum Gasteiger partial charge on any atom is -0.328 e. The molecule has 2 aromatic heterocycles. The van der Waals surface area contributed by atoms with Crippen LogP contribution in [-0.4, -0.2) is 15.3 Å². The van der Waals surface area contributed by atoms with Crippen molar-refractivity contribution < 1.29 is 4.79 Å². The predicted octanol–water partition coefficient (Wildman–Crippen LogP) is 3.76. The molecule has 0 N–H and O–H groups in total. The van der Waals surface area contributed by atoms with Crippen LogP contribution in [0.2, 0.25) is 0 Å². The van der Waals surface area contributed by atoms with Crippen molar-refractivity contribution in [3.8, 4) is 0 Å². The van der Waals surface area contributed by atoms with E-state index < -0.39 is 0 Å². The Kier molecular flexibility index (Phi) is 3.40. The monoisotopic (exact) mass is 276 g/mol. The van der Waals surface area contributed by atoms with Gasteiger partial charge in [0.25, 0.3) is 0 Å². The molecule has 3 rings (SSSR count). The van der Waals surface area contributed by atoms with Crippen molar-refractivity contribution in [3.63, 3.8) is 0 Å². The van der Waals surface area contributed by atoms with E-state index in [1.54, 1.807) is 12.3 Å². The van der Waals surface area contributed by atoms with Crippen molar-refractivity contribution in [2.24, 2.45) is 0 Å². The van der Waals surface area contributed by atoms with Gasteiger partial charge in [-0.15, -0.1) is 6.58 Å². The smallest absolute Gasteiger partial charge is 0.195 e. The third-order valence-electron chi connectivity index (χ3n) is 3.52. The van der Waals surface area contributed by atoms with Crippen LogP contribution < -0.4 is 0 Å². The van der Waals surface area contributed by atoms with Crippen molar-refractivity contribution in [1.82, 2.24) is 9.55 Å². The summed E-state index contributed by atoms with van der Waals surface area (Å²) in [5, 5.41) is 0.880. The summed E-state index contributed by atoms with van der Waals surface area (Å²) in [6, 6.07) is 11.4. The number of pyridine rings is 1. The first kappa shape index (κ1) is 13.3. The summed E-state index contributed by atoms with van der Waals surface area (Å²) in [7, 11) is 0. The minimum absolute atomic E-state index is 0.0239. The third-order valence-corrected chi connectivity index (χ3v) is 3.52. The summed E-state index contributed by atoms with van der Waals surface area (Å²) in [6.07, 6.45) is 5.40. The molecule has 0 atom stereocenters. The van der Waals surface area contributed by atoms with E-state index in [2.05, 4.69) is 11.6 Å². The standard InChI is InChI=1S/C18H16N2O/c1-3-11-20-12-16(15-5-4-10-19-18(15)20)17(21)14-8-6-13(2)7-9-14/h3-10,12H,1,11H2,2H3. The van der Waals surface area contributed by atoms with Crippen LogP contribution in [0.5, 0.6) is 0 Å². The van der Waals surface area contributed by atoms with Crippen LogP contribution >= 0.6 is 0 Å². The Hall–Kier alpha value is -2.68. The molecule has 104 valence electrons. The van der Waals surface area contributed by atoms with Gasteiger partial charge in [0.2, 0.25) is 0 Å². The van der Waals surface area contributed by atoms with Crippen molar-refractivity contribution in [3.05, 3.63) is 78.1 Å². The Balaban J connectivity index is 2.13. The molecule has 21 heavy (non-hydrogen) atoms. The normalized spacial score (nSPS) is 10.7. The van der Waals surface area contributed by atoms with Crippen LogP contribution in [0.3, 0.4) is 0 Å². The average Bonchev–Trinajstić information content (AvgIpc) is 2.87. The zero-order valence-corrected chi connectivity index (χ0v) is 11.9. The molecule has 0 unspecified atom stereocenters. The summed E-state index contributed by atoms with van der Waals surface area (Å²) in [5.41, 5.74) is 3.33. The molecule has 0 aliphatic rings. The molecule has 2 heterocycles. The molecular weight excluding hydrogens is 260 g/mol. The van der Waals surface area contributed by atoms with Gasteiger partial charge in [-0.05, 0) is 19.1 Å². The van der Waals surface area contributed by atoms with E-state index in [9.17, 15) is 4.79 Å². The maximum Gasteiger partial charge on any atom is 0.195 e. The highest BCUT2D eigenvalue weighted by molar-refractivity contribution is 6.16. The Morgan fingerprint density at radius 2 is 2.05 bits per heavy atom. The van der Waals surface area contributed by atoms with E-state index in [1.165, 1.54) is 0 Å². The number of aromatic nitrogens is 2. The van der Waals surface area contributed by atoms with Gasteiger partial charge in [0.1, 0.15) is 5.65 Å². The third kappa shape index (κ3) is 2.38. The topological polar surface area (TPSA) is 34.9 Å². The fourth-order valence-corrected chi connectivity index (χ4v) is 2.44. The van der Waals surface area contributed by atoms with Gasteiger partial charge in [-0.3, -0.25) is 4.79 Å². The molecule has 0 spiro atoms. The maximum absolute atomic E-state index is 12.7. The van der Waals surface area contributed by atoms with Crippen LogP contribution in [0, 0.1) is 6.92 Å². The molecule has 0 bridgehead atoms. The first-order chi connectivity index (χ1) is 10.2. The minimum atomic E-state index is 0.0239. The Morgan fingerprint density at radius 3 is 2.76 bits per heavy atom. The number of ketones is 1. The molecule has 3 heteroatoms. The molecule has 0 aliphatic heterocycles.